The van der Waals surface area contributed by atoms with E-state index in [9.17, 15) is 4.79 Å². The maximum atomic E-state index is 11.8. The Balaban J connectivity index is 1.91. The summed E-state index contributed by atoms with van der Waals surface area (Å²) in [5.74, 6) is 1.50. The normalized spacial score (nSPS) is 18.3. The molecule has 1 aliphatic rings. The molecule has 0 N–H and O–H groups in total. The maximum Gasteiger partial charge on any atom is 0.199 e. The largest absolute Gasteiger partial charge is 0.481 e. The van der Waals surface area contributed by atoms with Gasteiger partial charge in [0.05, 0.1) is 0 Å². The van der Waals surface area contributed by atoms with Crippen molar-refractivity contribution >= 4 is 17.5 Å². The Hall–Kier alpha value is -1.00. The fourth-order valence-electron chi connectivity index (χ4n) is 1.59. The van der Waals surface area contributed by atoms with Crippen LogP contribution in [-0.4, -0.2) is 30.9 Å². The Kier molecular flexibility index (Phi) is 4.45. The van der Waals surface area contributed by atoms with Gasteiger partial charge >= 0.3 is 0 Å². The van der Waals surface area contributed by atoms with Crippen molar-refractivity contribution in [2.45, 2.75) is 24.3 Å². The molecule has 0 bridgehead atoms. The van der Waals surface area contributed by atoms with E-state index in [0.29, 0.717) is 12.4 Å². The van der Waals surface area contributed by atoms with E-state index in [0.717, 1.165) is 17.1 Å². The maximum absolute atomic E-state index is 11.8. The zero-order valence-electron chi connectivity index (χ0n) is 9.85. The minimum absolute atomic E-state index is 0.0282. The number of ketones is 1. The molecule has 1 aromatic rings. The van der Waals surface area contributed by atoms with E-state index in [1.807, 2.05) is 31.2 Å². The minimum Gasteiger partial charge on any atom is -0.481 e. The fourth-order valence-corrected chi connectivity index (χ4v) is 2.61. The first-order valence-corrected chi connectivity index (χ1v) is 6.78. The molecular formula is C13H16O3S. The van der Waals surface area contributed by atoms with Gasteiger partial charge in [-0.25, -0.2) is 0 Å². The second-order valence-corrected chi connectivity index (χ2v) is 4.94. The SMILES string of the molecule is CCCOCC(=O)C1CSc2ccccc2O1. The number of carbonyl (C=O) groups is 1. The number of carbonyl (C=O) groups excluding carboxylic acids is 1. The topological polar surface area (TPSA) is 35.5 Å². The first-order chi connectivity index (χ1) is 8.31. The molecule has 1 aliphatic heterocycles. The summed E-state index contributed by atoms with van der Waals surface area (Å²) in [5.41, 5.74) is 0. The molecule has 0 aromatic heterocycles. The molecule has 3 nitrogen and oxygen atoms in total. The molecule has 1 heterocycles. The van der Waals surface area contributed by atoms with Crippen LogP contribution in [0.5, 0.6) is 5.75 Å². The van der Waals surface area contributed by atoms with E-state index >= 15 is 0 Å². The average molecular weight is 252 g/mol. The summed E-state index contributed by atoms with van der Waals surface area (Å²) in [6, 6.07) is 7.80. The summed E-state index contributed by atoms with van der Waals surface area (Å²) in [6.07, 6.45) is 0.558. The first kappa shape index (κ1) is 12.5. The third-order valence-electron chi connectivity index (χ3n) is 2.46. The van der Waals surface area contributed by atoms with Crippen LogP contribution in [0.1, 0.15) is 13.3 Å². The molecule has 0 radical (unpaired) electrons. The Morgan fingerprint density at radius 1 is 1.53 bits per heavy atom. The van der Waals surface area contributed by atoms with Crippen LogP contribution in [0, 0.1) is 0 Å². The van der Waals surface area contributed by atoms with Gasteiger partial charge in [-0.1, -0.05) is 19.1 Å². The highest BCUT2D eigenvalue weighted by molar-refractivity contribution is 7.99. The number of para-hydroxylation sites is 1. The summed E-state index contributed by atoms with van der Waals surface area (Å²) < 4.78 is 10.9. The van der Waals surface area contributed by atoms with Gasteiger partial charge < -0.3 is 9.47 Å². The van der Waals surface area contributed by atoms with Gasteiger partial charge in [-0.15, -0.1) is 11.8 Å². The molecule has 17 heavy (non-hydrogen) atoms. The second kappa shape index (κ2) is 6.07. The number of benzene rings is 1. The molecule has 1 unspecified atom stereocenters. The molecule has 1 aromatic carbocycles. The monoisotopic (exact) mass is 252 g/mol. The quantitative estimate of drug-likeness (QED) is 0.754. The summed E-state index contributed by atoms with van der Waals surface area (Å²) in [5, 5.41) is 0. The van der Waals surface area contributed by atoms with E-state index in [4.69, 9.17) is 9.47 Å². The van der Waals surface area contributed by atoms with Crippen LogP contribution in [0.2, 0.25) is 0 Å². The summed E-state index contributed by atoms with van der Waals surface area (Å²) in [6.45, 7) is 2.80. The lowest BCUT2D eigenvalue weighted by Crippen LogP contribution is -2.35. The van der Waals surface area contributed by atoms with Crippen molar-refractivity contribution in [2.75, 3.05) is 19.0 Å². The highest BCUT2D eigenvalue weighted by Gasteiger charge is 2.26. The molecule has 92 valence electrons. The van der Waals surface area contributed by atoms with Crippen LogP contribution in [0.3, 0.4) is 0 Å². The van der Waals surface area contributed by atoms with Crippen molar-refractivity contribution in [1.29, 1.82) is 0 Å². The Labute approximate surface area is 105 Å². The highest BCUT2D eigenvalue weighted by atomic mass is 32.2. The van der Waals surface area contributed by atoms with Gasteiger partial charge in [0.25, 0.3) is 0 Å². The van der Waals surface area contributed by atoms with Gasteiger partial charge in [0.15, 0.2) is 11.9 Å². The lowest BCUT2D eigenvalue weighted by molar-refractivity contribution is -0.129. The molecule has 0 saturated heterocycles. The predicted octanol–water partition coefficient (Wildman–Crippen LogP) is 2.54. The zero-order valence-corrected chi connectivity index (χ0v) is 10.7. The first-order valence-electron chi connectivity index (χ1n) is 5.80. The van der Waals surface area contributed by atoms with Crippen molar-refractivity contribution in [3.63, 3.8) is 0 Å². The molecular weight excluding hydrogens is 236 g/mol. The third kappa shape index (κ3) is 3.23. The molecule has 2 rings (SSSR count). The van der Waals surface area contributed by atoms with Crippen LogP contribution in [0.15, 0.2) is 29.2 Å². The summed E-state index contributed by atoms with van der Waals surface area (Å²) in [4.78, 5) is 12.9. The van der Waals surface area contributed by atoms with Crippen molar-refractivity contribution in [3.05, 3.63) is 24.3 Å². The lowest BCUT2D eigenvalue weighted by Gasteiger charge is -2.24. The van der Waals surface area contributed by atoms with Crippen LogP contribution < -0.4 is 4.74 Å². The molecule has 4 heteroatoms. The zero-order chi connectivity index (χ0) is 12.1. The van der Waals surface area contributed by atoms with Crippen molar-refractivity contribution in [1.82, 2.24) is 0 Å². The lowest BCUT2D eigenvalue weighted by atomic mass is 10.2. The summed E-state index contributed by atoms with van der Waals surface area (Å²) >= 11 is 1.66. The standard InChI is InChI=1S/C13H16O3S/c1-2-7-15-8-10(14)12-9-17-13-6-4-3-5-11(13)16-12/h3-6,12H,2,7-9H2,1H3. The van der Waals surface area contributed by atoms with E-state index in [1.54, 1.807) is 11.8 Å². The van der Waals surface area contributed by atoms with Gasteiger partial charge in [0.1, 0.15) is 12.4 Å². The molecule has 0 fully saturated rings. The number of hydrogen-bond acceptors (Lipinski definition) is 4. The fraction of sp³-hybridized carbons (Fsp3) is 0.462. The number of thioether (sulfide) groups is 1. The smallest absolute Gasteiger partial charge is 0.199 e. The second-order valence-electron chi connectivity index (χ2n) is 3.88. The third-order valence-corrected chi connectivity index (χ3v) is 3.58. The summed E-state index contributed by atoms with van der Waals surface area (Å²) in [7, 11) is 0. The number of hydrogen-bond donors (Lipinski definition) is 0. The van der Waals surface area contributed by atoms with E-state index in [1.165, 1.54) is 0 Å². The Morgan fingerprint density at radius 2 is 2.35 bits per heavy atom. The van der Waals surface area contributed by atoms with Crippen LogP contribution in [0.4, 0.5) is 0 Å². The predicted molar refractivity (Wildman–Crippen MR) is 67.7 cm³/mol. The molecule has 0 aliphatic carbocycles. The molecule has 0 amide bonds. The average Bonchev–Trinajstić information content (AvgIpc) is 2.38. The molecule has 1 atom stereocenters. The Bertz CT molecular complexity index is 392. The Morgan fingerprint density at radius 3 is 3.18 bits per heavy atom. The van der Waals surface area contributed by atoms with E-state index < -0.39 is 0 Å². The van der Waals surface area contributed by atoms with Gasteiger partial charge in [-0.3, -0.25) is 4.79 Å². The van der Waals surface area contributed by atoms with Crippen LogP contribution >= 0.6 is 11.8 Å². The van der Waals surface area contributed by atoms with E-state index in [-0.39, 0.29) is 18.5 Å². The van der Waals surface area contributed by atoms with Gasteiger partial charge in [-0.05, 0) is 18.6 Å². The number of fused-ring (bicyclic) bond motifs is 1. The van der Waals surface area contributed by atoms with Crippen molar-refractivity contribution in [3.8, 4) is 5.75 Å². The van der Waals surface area contributed by atoms with Crippen LogP contribution in [-0.2, 0) is 9.53 Å². The minimum atomic E-state index is -0.369. The number of rotatable bonds is 5. The molecule has 0 saturated carbocycles. The van der Waals surface area contributed by atoms with Gasteiger partial charge in [0.2, 0.25) is 0 Å². The van der Waals surface area contributed by atoms with Crippen LogP contribution in [0.25, 0.3) is 0 Å². The number of ether oxygens (including phenoxy) is 2. The van der Waals surface area contributed by atoms with E-state index in [2.05, 4.69) is 0 Å². The van der Waals surface area contributed by atoms with Crippen molar-refractivity contribution < 1.29 is 14.3 Å². The van der Waals surface area contributed by atoms with Gasteiger partial charge in [-0.2, -0.15) is 0 Å². The number of Topliss-reactive ketones (excluding diaryl/α,β-unsaturated/α-hetero) is 1. The van der Waals surface area contributed by atoms with Gasteiger partial charge in [0, 0.05) is 17.3 Å². The highest BCUT2D eigenvalue weighted by Crippen LogP contribution is 2.35. The molecule has 0 spiro atoms. The van der Waals surface area contributed by atoms with Crippen molar-refractivity contribution in [2.24, 2.45) is 0 Å².